The van der Waals surface area contributed by atoms with Crippen LogP contribution in [0.15, 0.2) is 54.6 Å². The van der Waals surface area contributed by atoms with E-state index >= 15 is 0 Å². The van der Waals surface area contributed by atoms with Crippen LogP contribution in [0.3, 0.4) is 0 Å². The zero-order valence-corrected chi connectivity index (χ0v) is 24.0. The van der Waals surface area contributed by atoms with Crippen LogP contribution >= 0.6 is 11.6 Å². The van der Waals surface area contributed by atoms with E-state index in [1.54, 1.807) is 31.2 Å². The number of ether oxygens (including phenoxy) is 1. The average Bonchev–Trinajstić information content (AvgIpc) is 2.95. The van der Waals surface area contributed by atoms with Gasteiger partial charge in [-0.05, 0) is 75.3 Å². The number of nitrogens with two attached hydrogens (primary N) is 1. The van der Waals surface area contributed by atoms with Crippen molar-refractivity contribution >= 4 is 35.6 Å². The molecule has 224 valence electrons. The molecule has 0 bridgehead atoms. The predicted molar refractivity (Wildman–Crippen MR) is 156 cm³/mol. The van der Waals surface area contributed by atoms with Crippen LogP contribution < -0.4 is 27.0 Å². The number of urea groups is 1. The van der Waals surface area contributed by atoms with Crippen molar-refractivity contribution in [1.82, 2.24) is 21.3 Å². The van der Waals surface area contributed by atoms with E-state index in [0.29, 0.717) is 43.8 Å². The molecule has 0 aromatic heterocycles. The third-order valence-corrected chi connectivity index (χ3v) is 6.55. The first-order chi connectivity index (χ1) is 19.7. The van der Waals surface area contributed by atoms with E-state index in [1.165, 1.54) is 0 Å². The Morgan fingerprint density at radius 2 is 1.51 bits per heavy atom. The van der Waals surface area contributed by atoms with Crippen LogP contribution in [0.1, 0.15) is 62.6 Å². The largest absolute Gasteiger partial charge is 0.480 e. The lowest BCUT2D eigenvalue weighted by Crippen LogP contribution is -2.53. The number of carbonyl (C=O) groups excluding carboxylic acids is 3. The van der Waals surface area contributed by atoms with Gasteiger partial charge in [0.2, 0.25) is 5.91 Å². The summed E-state index contributed by atoms with van der Waals surface area (Å²) in [4.78, 5) is 49.4. The number of hydrogen-bond acceptors (Lipinski definition) is 6. The van der Waals surface area contributed by atoms with Crippen molar-refractivity contribution in [2.75, 3.05) is 13.1 Å². The quantitative estimate of drug-likeness (QED) is 0.152. The number of hydrogen-bond donors (Lipinski definition) is 6. The second kappa shape index (κ2) is 18.5. The van der Waals surface area contributed by atoms with Crippen LogP contribution in [-0.4, -0.2) is 54.3 Å². The number of alkyl carbamates (subject to hydrolysis) is 1. The third-order valence-electron chi connectivity index (χ3n) is 6.30. The number of rotatable bonds is 17. The van der Waals surface area contributed by atoms with Gasteiger partial charge in [0, 0.05) is 11.6 Å². The summed E-state index contributed by atoms with van der Waals surface area (Å²) < 4.78 is 5.19. The molecule has 0 radical (unpaired) electrons. The van der Waals surface area contributed by atoms with Gasteiger partial charge < -0.3 is 36.8 Å². The van der Waals surface area contributed by atoms with Crippen molar-refractivity contribution in [2.45, 2.75) is 70.2 Å². The molecule has 0 heterocycles. The number of carbonyl (C=O) groups is 4. The molecule has 12 heteroatoms. The van der Waals surface area contributed by atoms with Crippen LogP contribution in [0.4, 0.5) is 9.59 Å². The molecular weight excluding hydrogens is 550 g/mol. The Kier molecular flexibility index (Phi) is 15.1. The lowest BCUT2D eigenvalue weighted by atomic mass is 10.1. The van der Waals surface area contributed by atoms with Gasteiger partial charge in [-0.15, -0.1) is 0 Å². The van der Waals surface area contributed by atoms with E-state index in [0.717, 1.165) is 11.1 Å². The molecule has 11 nitrogen and oxygen atoms in total. The lowest BCUT2D eigenvalue weighted by molar-refractivity contribution is -0.139. The van der Waals surface area contributed by atoms with Crippen molar-refractivity contribution in [3.63, 3.8) is 0 Å². The highest BCUT2D eigenvalue weighted by Gasteiger charge is 2.25. The molecule has 3 atom stereocenters. The maximum atomic E-state index is 13.2. The maximum Gasteiger partial charge on any atom is 0.407 e. The van der Waals surface area contributed by atoms with E-state index in [4.69, 9.17) is 22.1 Å². The molecule has 41 heavy (non-hydrogen) atoms. The molecule has 0 aliphatic heterocycles. The van der Waals surface area contributed by atoms with Gasteiger partial charge in [0.25, 0.3) is 0 Å². The minimum absolute atomic E-state index is 0.156. The van der Waals surface area contributed by atoms with Gasteiger partial charge in [0.15, 0.2) is 0 Å². The van der Waals surface area contributed by atoms with Crippen molar-refractivity contribution in [2.24, 2.45) is 5.73 Å². The smallest absolute Gasteiger partial charge is 0.407 e. The molecule has 0 saturated heterocycles. The van der Waals surface area contributed by atoms with Crippen LogP contribution in [0.5, 0.6) is 0 Å². The number of nitrogens with one attached hydrogen (secondary N) is 4. The Morgan fingerprint density at radius 3 is 2.17 bits per heavy atom. The molecule has 4 amide bonds. The molecule has 0 aliphatic carbocycles. The number of benzene rings is 2. The van der Waals surface area contributed by atoms with Gasteiger partial charge in [0.1, 0.15) is 18.7 Å². The van der Waals surface area contributed by atoms with E-state index in [-0.39, 0.29) is 25.5 Å². The first-order valence-electron chi connectivity index (χ1n) is 13.7. The number of carboxylic acids is 1. The van der Waals surface area contributed by atoms with Crippen molar-refractivity contribution in [3.8, 4) is 0 Å². The molecule has 2 aromatic rings. The molecule has 0 spiro atoms. The summed E-state index contributed by atoms with van der Waals surface area (Å²) in [6.07, 6.45) is 2.12. The van der Waals surface area contributed by atoms with Crippen LogP contribution in [0.2, 0.25) is 5.02 Å². The summed E-state index contributed by atoms with van der Waals surface area (Å²) in [5, 5.41) is 20.6. The fourth-order valence-electron chi connectivity index (χ4n) is 3.96. The molecule has 0 aliphatic rings. The molecular formula is C29H40ClN5O6. The highest BCUT2D eigenvalue weighted by atomic mass is 35.5. The third kappa shape index (κ3) is 13.4. The zero-order valence-electron chi connectivity index (χ0n) is 23.2. The lowest BCUT2D eigenvalue weighted by Gasteiger charge is -2.23. The summed E-state index contributed by atoms with van der Waals surface area (Å²) in [6.45, 7) is 2.70. The normalized spacial score (nSPS) is 12.9. The van der Waals surface area contributed by atoms with Crippen molar-refractivity contribution < 1.29 is 29.0 Å². The Morgan fingerprint density at radius 1 is 0.878 bits per heavy atom. The second-order valence-electron chi connectivity index (χ2n) is 9.61. The van der Waals surface area contributed by atoms with Gasteiger partial charge in [-0.3, -0.25) is 4.79 Å². The Labute approximate surface area is 245 Å². The summed E-state index contributed by atoms with van der Waals surface area (Å²) in [5.74, 6) is -1.59. The fraction of sp³-hybridized carbons (Fsp3) is 0.448. The summed E-state index contributed by atoms with van der Waals surface area (Å²) in [5.41, 5.74) is 7.18. The molecule has 2 aromatic carbocycles. The molecule has 0 saturated carbocycles. The number of amides is 4. The minimum atomic E-state index is -1.17. The first kappa shape index (κ1) is 33.4. The summed E-state index contributed by atoms with van der Waals surface area (Å²) in [6, 6.07) is 13.2. The highest BCUT2D eigenvalue weighted by Crippen LogP contribution is 2.16. The summed E-state index contributed by atoms with van der Waals surface area (Å²) >= 11 is 5.96. The van der Waals surface area contributed by atoms with E-state index in [2.05, 4.69) is 21.3 Å². The highest BCUT2D eigenvalue weighted by molar-refractivity contribution is 6.30. The van der Waals surface area contributed by atoms with E-state index in [1.807, 2.05) is 30.3 Å². The molecule has 1 unspecified atom stereocenters. The number of halogens is 1. The Hall–Kier alpha value is -3.83. The molecule has 0 fully saturated rings. The number of unbranched alkanes of at least 4 members (excludes halogenated alkanes) is 2. The first-order valence-corrected chi connectivity index (χ1v) is 14.1. The standard InChI is InChI=1S/C29H40ClN5O6/c1-20(22-13-15-23(30)16-14-22)33-26(36)24(34-28(39)35-25(27(37)38)12-5-7-17-31)11-6-8-18-32-29(40)41-19-21-9-3-2-4-10-21/h2-4,9-10,13-16,20,24-25H,5-8,11-12,17-19,31H2,1H3,(H,32,40)(H,33,36)(H,37,38)(H2,34,35,39)/t20?,24-,25+/m1/s1. The Bertz CT molecular complexity index is 1100. The molecule has 2 rings (SSSR count). The zero-order chi connectivity index (χ0) is 30.0. The van der Waals surface area contributed by atoms with Gasteiger partial charge >= 0.3 is 18.1 Å². The SMILES string of the molecule is CC(NC(=O)[C@@H](CCCCNC(=O)OCc1ccccc1)NC(=O)N[C@@H](CCCCN)C(=O)O)c1ccc(Cl)cc1. The molecule has 7 N–H and O–H groups in total. The average molecular weight is 590 g/mol. The van der Waals surface area contributed by atoms with E-state index < -0.39 is 36.1 Å². The predicted octanol–water partition coefficient (Wildman–Crippen LogP) is 3.86. The van der Waals surface area contributed by atoms with Gasteiger partial charge in [-0.2, -0.15) is 0 Å². The van der Waals surface area contributed by atoms with Crippen LogP contribution in [0, 0.1) is 0 Å². The minimum Gasteiger partial charge on any atom is -0.480 e. The summed E-state index contributed by atoms with van der Waals surface area (Å²) in [7, 11) is 0. The van der Waals surface area contributed by atoms with Gasteiger partial charge in [0.05, 0.1) is 6.04 Å². The van der Waals surface area contributed by atoms with Crippen molar-refractivity contribution in [3.05, 3.63) is 70.7 Å². The van der Waals surface area contributed by atoms with Crippen LogP contribution in [-0.2, 0) is 20.9 Å². The van der Waals surface area contributed by atoms with E-state index in [9.17, 15) is 24.3 Å². The van der Waals surface area contributed by atoms with Crippen LogP contribution in [0.25, 0.3) is 0 Å². The maximum absolute atomic E-state index is 13.2. The number of aliphatic carboxylic acids is 1. The fourth-order valence-corrected chi connectivity index (χ4v) is 4.09. The monoisotopic (exact) mass is 589 g/mol. The number of carboxylic acid groups (broad SMARTS) is 1. The van der Waals surface area contributed by atoms with Gasteiger partial charge in [-0.25, -0.2) is 14.4 Å². The topological polar surface area (TPSA) is 172 Å². The van der Waals surface area contributed by atoms with Gasteiger partial charge in [-0.1, -0.05) is 54.1 Å². The van der Waals surface area contributed by atoms with Crippen molar-refractivity contribution in [1.29, 1.82) is 0 Å². The Balaban J connectivity index is 1.91. The second-order valence-corrected chi connectivity index (χ2v) is 10.0.